The maximum Gasteiger partial charge on any atom is 0.123 e. The predicted octanol–water partition coefficient (Wildman–Crippen LogP) is 2.73. The number of nitrogen functional groups attached to an aromatic ring is 1. The van der Waals surface area contributed by atoms with Crippen molar-refractivity contribution in [2.45, 2.75) is 26.8 Å². The molecule has 7 nitrogen and oxygen atoms in total. The van der Waals surface area contributed by atoms with E-state index >= 15 is 0 Å². The monoisotopic (exact) mass is 420 g/mol. The zero-order valence-electron chi connectivity index (χ0n) is 16.7. The van der Waals surface area contributed by atoms with Gasteiger partial charge in [-0.1, -0.05) is 13.8 Å². The zero-order chi connectivity index (χ0) is 20.7. The van der Waals surface area contributed by atoms with Crippen molar-refractivity contribution >= 4 is 29.9 Å². The van der Waals surface area contributed by atoms with E-state index in [4.69, 9.17) is 20.6 Å². The number of carbonyl (C=O) groups excluding carboxylic acids is 1. The van der Waals surface area contributed by atoms with E-state index in [1.54, 1.807) is 42.5 Å². The van der Waals surface area contributed by atoms with Crippen LogP contribution in [-0.4, -0.2) is 25.0 Å². The minimum atomic E-state index is -1.28. The quantitative estimate of drug-likeness (QED) is 0.401. The van der Waals surface area contributed by atoms with Gasteiger partial charge in [-0.05, 0) is 54.8 Å². The standard InChI is InChI=1S/C21H27N3O4.ClH/c1-4-27-17-9-15(10-18(11-17)28-12-13(2)3)19(21(25)26)24-16-7-5-14(6-8-16)20(22)23;/h5-11,13,19,24H,4,12H2,1-3H3,(H3,22,23)(H,25,26);1H/p-1. The summed E-state index contributed by atoms with van der Waals surface area (Å²) in [5, 5.41) is 22.2. The third-order valence-corrected chi connectivity index (χ3v) is 3.87. The number of hydrogen-bond acceptors (Lipinski definition) is 6. The normalized spacial score (nSPS) is 11.3. The van der Waals surface area contributed by atoms with Gasteiger partial charge >= 0.3 is 0 Å². The number of rotatable bonds is 10. The lowest BCUT2D eigenvalue weighted by Crippen LogP contribution is -2.34. The van der Waals surface area contributed by atoms with Crippen molar-refractivity contribution in [3.05, 3.63) is 53.6 Å². The number of carboxylic acids is 1. The molecule has 2 aromatic carbocycles. The van der Waals surface area contributed by atoms with Gasteiger partial charge < -0.3 is 30.4 Å². The van der Waals surface area contributed by atoms with Gasteiger partial charge in [0.2, 0.25) is 0 Å². The lowest BCUT2D eigenvalue weighted by molar-refractivity contribution is -0.307. The SMILES string of the molecule is CCOc1cc(OCC(C)C)cc(C(Nc2ccc(C(=N)N)cc2)C(=O)[O-])c1.Cl. The topological polar surface area (TPSA) is 120 Å². The van der Waals surface area contributed by atoms with Crippen LogP contribution in [0.5, 0.6) is 11.5 Å². The highest BCUT2D eigenvalue weighted by molar-refractivity contribution is 5.95. The van der Waals surface area contributed by atoms with E-state index in [0.717, 1.165) is 0 Å². The molecule has 158 valence electrons. The highest BCUT2D eigenvalue weighted by Gasteiger charge is 2.16. The molecule has 0 spiro atoms. The van der Waals surface area contributed by atoms with Crippen LogP contribution in [0.15, 0.2) is 42.5 Å². The number of carboxylic acid groups (broad SMARTS) is 1. The summed E-state index contributed by atoms with van der Waals surface area (Å²) < 4.78 is 11.3. The molecular weight excluding hydrogens is 394 g/mol. The van der Waals surface area contributed by atoms with Crippen molar-refractivity contribution in [2.24, 2.45) is 11.7 Å². The van der Waals surface area contributed by atoms with Gasteiger partial charge in [0.1, 0.15) is 17.3 Å². The van der Waals surface area contributed by atoms with E-state index in [0.29, 0.717) is 47.4 Å². The molecule has 0 radical (unpaired) electrons. The number of nitrogens with two attached hydrogens (primary N) is 1. The van der Waals surface area contributed by atoms with Crippen LogP contribution in [0.4, 0.5) is 5.69 Å². The largest absolute Gasteiger partial charge is 0.548 e. The second kappa shape index (κ2) is 11.2. The highest BCUT2D eigenvalue weighted by Crippen LogP contribution is 2.29. The number of carbonyl (C=O) groups is 1. The maximum atomic E-state index is 11.8. The second-order valence-electron chi connectivity index (χ2n) is 6.76. The van der Waals surface area contributed by atoms with Crippen LogP contribution in [0.2, 0.25) is 0 Å². The Morgan fingerprint density at radius 1 is 1.14 bits per heavy atom. The van der Waals surface area contributed by atoms with Crippen molar-refractivity contribution in [2.75, 3.05) is 18.5 Å². The van der Waals surface area contributed by atoms with Crippen LogP contribution in [0.3, 0.4) is 0 Å². The third-order valence-electron chi connectivity index (χ3n) is 3.87. The lowest BCUT2D eigenvalue weighted by atomic mass is 10.0. The number of benzene rings is 2. The Balaban J connectivity index is 0.00000420. The van der Waals surface area contributed by atoms with E-state index in [1.807, 2.05) is 20.8 Å². The Hall–Kier alpha value is -2.93. The fourth-order valence-corrected chi connectivity index (χ4v) is 2.55. The Kier molecular flexibility index (Phi) is 9.28. The second-order valence-corrected chi connectivity index (χ2v) is 6.76. The van der Waals surface area contributed by atoms with Crippen molar-refractivity contribution in [3.8, 4) is 11.5 Å². The molecular formula is C21H27ClN3O4-. The number of halogens is 1. The van der Waals surface area contributed by atoms with Gasteiger partial charge in [-0.3, -0.25) is 5.41 Å². The zero-order valence-corrected chi connectivity index (χ0v) is 17.5. The fourth-order valence-electron chi connectivity index (χ4n) is 2.55. The highest BCUT2D eigenvalue weighted by atomic mass is 35.5. The van der Waals surface area contributed by atoms with Gasteiger partial charge in [-0.25, -0.2) is 0 Å². The number of anilines is 1. The summed E-state index contributed by atoms with van der Waals surface area (Å²) in [6.45, 7) is 6.87. The third kappa shape index (κ3) is 7.19. The minimum absolute atomic E-state index is 0. The molecule has 0 heterocycles. The molecule has 0 saturated carbocycles. The first kappa shape index (κ1) is 24.1. The lowest BCUT2D eigenvalue weighted by Gasteiger charge is -2.23. The first-order chi connectivity index (χ1) is 13.3. The van der Waals surface area contributed by atoms with Crippen molar-refractivity contribution in [1.82, 2.24) is 0 Å². The van der Waals surface area contributed by atoms with Gasteiger partial charge in [0.25, 0.3) is 0 Å². The molecule has 0 bridgehead atoms. The Labute approximate surface area is 177 Å². The molecule has 1 unspecified atom stereocenters. The van der Waals surface area contributed by atoms with E-state index < -0.39 is 12.0 Å². The minimum Gasteiger partial charge on any atom is -0.548 e. The number of hydrogen-bond donors (Lipinski definition) is 3. The molecule has 0 aliphatic heterocycles. The van der Waals surface area contributed by atoms with Crippen LogP contribution in [0.25, 0.3) is 0 Å². The van der Waals surface area contributed by atoms with Gasteiger partial charge in [-0.2, -0.15) is 0 Å². The molecule has 0 fully saturated rings. The van der Waals surface area contributed by atoms with Crippen molar-refractivity contribution in [1.29, 1.82) is 5.41 Å². The molecule has 1 atom stereocenters. The summed E-state index contributed by atoms with van der Waals surface area (Å²) in [4.78, 5) is 11.8. The summed E-state index contributed by atoms with van der Waals surface area (Å²) in [5.74, 6) is 0.0564. The van der Waals surface area contributed by atoms with Gasteiger partial charge in [0.05, 0.1) is 25.2 Å². The molecule has 8 heteroatoms. The Bertz CT molecular complexity index is 825. The van der Waals surface area contributed by atoms with Gasteiger partial charge in [0.15, 0.2) is 0 Å². The van der Waals surface area contributed by atoms with Crippen LogP contribution < -0.4 is 25.6 Å². The number of aliphatic carboxylic acids is 1. The van der Waals surface area contributed by atoms with Crippen LogP contribution >= 0.6 is 12.4 Å². The van der Waals surface area contributed by atoms with E-state index in [1.165, 1.54) is 0 Å². The van der Waals surface area contributed by atoms with Crippen molar-refractivity contribution < 1.29 is 19.4 Å². The van der Waals surface area contributed by atoms with Gasteiger partial charge in [0, 0.05) is 17.3 Å². The number of nitrogens with one attached hydrogen (secondary N) is 2. The predicted molar refractivity (Wildman–Crippen MR) is 114 cm³/mol. The summed E-state index contributed by atoms with van der Waals surface area (Å²) in [5.41, 5.74) is 7.02. The summed E-state index contributed by atoms with van der Waals surface area (Å²) in [6, 6.07) is 10.6. The van der Waals surface area contributed by atoms with Crippen LogP contribution in [0.1, 0.15) is 37.9 Å². The molecule has 0 aromatic heterocycles. The van der Waals surface area contributed by atoms with E-state index in [2.05, 4.69) is 5.32 Å². The van der Waals surface area contributed by atoms with Crippen LogP contribution in [0, 0.1) is 11.3 Å². The summed E-state index contributed by atoms with van der Waals surface area (Å²) in [6.07, 6.45) is 0. The van der Waals surface area contributed by atoms with E-state index in [9.17, 15) is 9.90 Å². The maximum absolute atomic E-state index is 11.8. The summed E-state index contributed by atoms with van der Waals surface area (Å²) in [7, 11) is 0. The first-order valence-corrected chi connectivity index (χ1v) is 9.12. The molecule has 4 N–H and O–H groups in total. The van der Waals surface area contributed by atoms with Gasteiger partial charge in [-0.15, -0.1) is 12.4 Å². The molecule has 2 aromatic rings. The average molecular weight is 421 g/mol. The first-order valence-electron chi connectivity index (χ1n) is 9.12. The molecule has 0 saturated heterocycles. The van der Waals surface area contributed by atoms with Crippen LogP contribution in [-0.2, 0) is 4.79 Å². The average Bonchev–Trinajstić information content (AvgIpc) is 2.64. The number of amidine groups is 1. The smallest absolute Gasteiger partial charge is 0.123 e. The fraction of sp³-hybridized carbons (Fsp3) is 0.333. The molecule has 0 aliphatic rings. The molecule has 0 aliphatic carbocycles. The number of ether oxygens (including phenoxy) is 2. The molecule has 0 amide bonds. The Morgan fingerprint density at radius 3 is 2.21 bits per heavy atom. The molecule has 2 rings (SSSR count). The molecule has 29 heavy (non-hydrogen) atoms. The van der Waals surface area contributed by atoms with Crippen molar-refractivity contribution in [3.63, 3.8) is 0 Å². The Morgan fingerprint density at radius 2 is 1.72 bits per heavy atom. The summed E-state index contributed by atoms with van der Waals surface area (Å²) >= 11 is 0. The van der Waals surface area contributed by atoms with E-state index in [-0.39, 0.29) is 18.2 Å².